The number of ketones is 1. The van der Waals surface area contributed by atoms with Gasteiger partial charge in [-0.1, -0.05) is 31.4 Å². The first kappa shape index (κ1) is 16.1. The Morgan fingerprint density at radius 3 is 2.79 bits per heavy atom. The summed E-state index contributed by atoms with van der Waals surface area (Å²) < 4.78 is 0. The van der Waals surface area contributed by atoms with E-state index in [1.54, 1.807) is 12.2 Å². The molecular weight excluding hydrogens is 300 g/mol. The van der Waals surface area contributed by atoms with Gasteiger partial charge in [-0.3, -0.25) is 4.79 Å². The molecule has 7 unspecified atom stereocenters. The van der Waals surface area contributed by atoms with Crippen LogP contribution in [0.5, 0.6) is 0 Å². The monoisotopic (exact) mass is 326 g/mol. The van der Waals surface area contributed by atoms with Gasteiger partial charge in [0.15, 0.2) is 5.78 Å². The Hall–Kier alpha value is -1.37. The molecule has 2 N–H and O–H groups in total. The summed E-state index contributed by atoms with van der Waals surface area (Å²) in [7, 11) is 0. The molecule has 0 saturated heterocycles. The Morgan fingerprint density at radius 1 is 1.33 bits per heavy atom. The van der Waals surface area contributed by atoms with Crippen molar-refractivity contribution < 1.29 is 15.0 Å². The van der Waals surface area contributed by atoms with Crippen LogP contribution >= 0.6 is 0 Å². The van der Waals surface area contributed by atoms with Gasteiger partial charge >= 0.3 is 0 Å². The largest absolute Gasteiger partial charge is 0.393 e. The lowest BCUT2D eigenvalue weighted by Gasteiger charge is -2.59. The van der Waals surface area contributed by atoms with Crippen molar-refractivity contribution in [3.05, 3.63) is 23.8 Å². The maximum Gasteiger partial charge on any atom is 0.178 e. The molecular formula is C21H26O3. The van der Waals surface area contributed by atoms with Crippen LogP contribution in [-0.4, -0.2) is 27.7 Å². The summed E-state index contributed by atoms with van der Waals surface area (Å²) in [5.74, 6) is 3.46. The molecule has 0 aromatic rings. The zero-order chi connectivity index (χ0) is 17.3. The summed E-state index contributed by atoms with van der Waals surface area (Å²) in [6, 6.07) is 0. The van der Waals surface area contributed by atoms with Crippen molar-refractivity contribution in [1.82, 2.24) is 0 Å². The van der Waals surface area contributed by atoms with Crippen molar-refractivity contribution in [2.45, 2.75) is 57.7 Å². The zero-order valence-electron chi connectivity index (χ0n) is 14.5. The van der Waals surface area contributed by atoms with Gasteiger partial charge in [0, 0.05) is 16.7 Å². The average molecular weight is 326 g/mol. The molecule has 3 nitrogen and oxygen atoms in total. The summed E-state index contributed by atoms with van der Waals surface area (Å²) in [6.45, 7) is 4.23. The first-order valence-electron chi connectivity index (χ1n) is 9.08. The van der Waals surface area contributed by atoms with Crippen LogP contribution in [0.2, 0.25) is 0 Å². The van der Waals surface area contributed by atoms with Crippen LogP contribution in [0, 0.1) is 40.9 Å². The molecule has 0 heterocycles. The van der Waals surface area contributed by atoms with Gasteiger partial charge in [-0.2, -0.15) is 0 Å². The molecule has 0 amide bonds. The molecule has 24 heavy (non-hydrogen) atoms. The van der Waals surface area contributed by atoms with E-state index in [4.69, 9.17) is 6.42 Å². The van der Waals surface area contributed by atoms with Gasteiger partial charge in [-0.15, -0.1) is 6.42 Å². The van der Waals surface area contributed by atoms with Crippen molar-refractivity contribution in [2.24, 2.45) is 28.6 Å². The predicted molar refractivity (Wildman–Crippen MR) is 91.8 cm³/mol. The molecule has 0 aliphatic heterocycles. The van der Waals surface area contributed by atoms with Crippen molar-refractivity contribution in [1.29, 1.82) is 0 Å². The summed E-state index contributed by atoms with van der Waals surface area (Å²) in [6.07, 6.45) is 14.5. The Kier molecular flexibility index (Phi) is 3.25. The van der Waals surface area contributed by atoms with Crippen molar-refractivity contribution in [3.63, 3.8) is 0 Å². The fourth-order valence-electron chi connectivity index (χ4n) is 6.57. The molecule has 0 aromatic heterocycles. The number of allylic oxidation sites excluding steroid dienone is 4. The fraction of sp³-hybridized carbons (Fsp3) is 0.667. The fourth-order valence-corrected chi connectivity index (χ4v) is 6.57. The van der Waals surface area contributed by atoms with Crippen LogP contribution < -0.4 is 0 Å². The highest BCUT2D eigenvalue weighted by atomic mass is 16.3. The highest BCUT2D eigenvalue weighted by Gasteiger charge is 2.65. The molecule has 0 bridgehead atoms. The number of carbonyl (C=O) groups is 1. The number of terminal acetylenes is 1. The predicted octanol–water partition coefficient (Wildman–Crippen LogP) is 2.63. The summed E-state index contributed by atoms with van der Waals surface area (Å²) >= 11 is 0. The minimum Gasteiger partial charge on any atom is -0.393 e. The second-order valence-corrected chi connectivity index (χ2v) is 8.76. The normalized spacial score (nSPS) is 52.8. The third-order valence-corrected chi connectivity index (χ3v) is 7.89. The molecule has 4 rings (SSSR count). The van der Waals surface area contributed by atoms with E-state index < -0.39 is 17.1 Å². The van der Waals surface area contributed by atoms with Crippen molar-refractivity contribution >= 4 is 5.78 Å². The molecule has 0 radical (unpaired) electrons. The van der Waals surface area contributed by atoms with E-state index in [9.17, 15) is 15.0 Å². The molecule has 0 spiro atoms. The topological polar surface area (TPSA) is 57.5 Å². The molecule has 4 aliphatic rings. The number of hydrogen-bond acceptors (Lipinski definition) is 3. The lowest BCUT2D eigenvalue weighted by atomic mass is 9.46. The van der Waals surface area contributed by atoms with E-state index in [1.807, 2.05) is 6.08 Å². The molecule has 4 aliphatic carbocycles. The Balaban J connectivity index is 1.77. The third kappa shape index (κ3) is 1.79. The smallest absolute Gasteiger partial charge is 0.178 e. The quantitative estimate of drug-likeness (QED) is 0.673. The van der Waals surface area contributed by atoms with E-state index in [2.05, 4.69) is 19.8 Å². The second kappa shape index (κ2) is 4.84. The summed E-state index contributed by atoms with van der Waals surface area (Å²) in [5, 5.41) is 22.1. The second-order valence-electron chi connectivity index (χ2n) is 8.76. The van der Waals surface area contributed by atoms with Gasteiger partial charge < -0.3 is 10.2 Å². The standard InChI is InChI=1S/C21H26O3/c1-4-21(24)10-8-16-15-6-5-13-11-14(22)7-9-19(13,2)18(15)17(23)12-20(16,21)3/h1,7,9,11,15-18,23-24H,5-6,8,10,12H2,2-3H3. The maximum atomic E-state index is 11.8. The van der Waals surface area contributed by atoms with Crippen LogP contribution in [0.25, 0.3) is 0 Å². The highest BCUT2D eigenvalue weighted by Crippen LogP contribution is 2.66. The van der Waals surface area contributed by atoms with E-state index in [-0.39, 0.29) is 17.1 Å². The average Bonchev–Trinajstić information content (AvgIpc) is 2.79. The molecule has 128 valence electrons. The zero-order valence-corrected chi connectivity index (χ0v) is 14.5. The first-order chi connectivity index (χ1) is 11.2. The molecule has 3 heteroatoms. The van der Waals surface area contributed by atoms with Crippen LogP contribution in [0.3, 0.4) is 0 Å². The molecule has 7 atom stereocenters. The van der Waals surface area contributed by atoms with Gasteiger partial charge in [0.05, 0.1) is 6.10 Å². The molecule has 3 saturated carbocycles. The highest BCUT2D eigenvalue weighted by molar-refractivity contribution is 6.01. The number of fused-ring (bicyclic) bond motifs is 5. The van der Waals surface area contributed by atoms with Crippen molar-refractivity contribution in [3.8, 4) is 12.3 Å². The van der Waals surface area contributed by atoms with Gasteiger partial charge in [0.25, 0.3) is 0 Å². The minimum atomic E-state index is -1.11. The number of rotatable bonds is 0. The molecule has 0 aromatic carbocycles. The van der Waals surface area contributed by atoms with Crippen LogP contribution in [0.15, 0.2) is 23.8 Å². The number of aliphatic hydroxyl groups is 2. The van der Waals surface area contributed by atoms with E-state index >= 15 is 0 Å². The van der Waals surface area contributed by atoms with Gasteiger partial charge in [-0.05, 0) is 56.1 Å². The SMILES string of the molecule is C#CC1(O)CCC2C3CCC4=CC(=O)C=CC4(C)C3C(O)CC21C. The molecule has 3 fully saturated rings. The van der Waals surface area contributed by atoms with Gasteiger partial charge in [0.2, 0.25) is 0 Å². The van der Waals surface area contributed by atoms with E-state index in [0.717, 1.165) is 24.8 Å². The Labute approximate surface area is 143 Å². The lowest BCUT2D eigenvalue weighted by molar-refractivity contribution is -0.146. The van der Waals surface area contributed by atoms with Crippen molar-refractivity contribution in [2.75, 3.05) is 0 Å². The summed E-state index contributed by atoms with van der Waals surface area (Å²) in [4.78, 5) is 11.8. The Morgan fingerprint density at radius 2 is 2.08 bits per heavy atom. The maximum absolute atomic E-state index is 11.8. The number of hydrogen-bond donors (Lipinski definition) is 2. The first-order valence-corrected chi connectivity index (χ1v) is 9.08. The number of carbonyl (C=O) groups excluding carboxylic acids is 1. The third-order valence-electron chi connectivity index (χ3n) is 7.89. The Bertz CT molecular complexity index is 698. The number of aliphatic hydroxyl groups excluding tert-OH is 1. The van der Waals surface area contributed by atoms with E-state index in [0.29, 0.717) is 24.7 Å². The van der Waals surface area contributed by atoms with Crippen LogP contribution in [0.4, 0.5) is 0 Å². The van der Waals surface area contributed by atoms with Gasteiger partial charge in [-0.25, -0.2) is 0 Å². The lowest BCUT2D eigenvalue weighted by Crippen LogP contribution is -2.59. The van der Waals surface area contributed by atoms with E-state index in [1.165, 1.54) is 0 Å². The van der Waals surface area contributed by atoms with Crippen LogP contribution in [-0.2, 0) is 4.79 Å². The minimum absolute atomic E-state index is 0.0543. The van der Waals surface area contributed by atoms with Gasteiger partial charge in [0.1, 0.15) is 5.60 Å². The summed E-state index contributed by atoms with van der Waals surface area (Å²) in [5.41, 5.74) is -0.634. The van der Waals surface area contributed by atoms with Crippen LogP contribution in [0.1, 0.15) is 46.0 Å².